The second kappa shape index (κ2) is 6.68. The molecule has 3 rings (SSSR count). The predicted molar refractivity (Wildman–Crippen MR) is 85.5 cm³/mol. The van der Waals surface area contributed by atoms with Crippen LogP contribution in [-0.4, -0.2) is 45.6 Å². The molecule has 1 aromatic heterocycles. The van der Waals surface area contributed by atoms with Crippen LogP contribution >= 0.6 is 0 Å². The fraction of sp³-hybridized carbons (Fsp3) is 0.438. The summed E-state index contributed by atoms with van der Waals surface area (Å²) >= 11 is 0. The Morgan fingerprint density at radius 2 is 2.17 bits per heavy atom. The van der Waals surface area contributed by atoms with Crippen molar-refractivity contribution in [3.8, 4) is 11.4 Å². The van der Waals surface area contributed by atoms with Crippen LogP contribution in [0.2, 0.25) is 0 Å². The van der Waals surface area contributed by atoms with Gasteiger partial charge in [0.1, 0.15) is 11.4 Å². The highest BCUT2D eigenvalue weighted by Crippen LogP contribution is 2.16. The number of urea groups is 1. The van der Waals surface area contributed by atoms with Gasteiger partial charge in [-0.25, -0.2) is 9.48 Å². The Hall–Kier alpha value is -2.57. The number of carbonyl (C=O) groups is 1. The monoisotopic (exact) mass is 315 g/mol. The smallest absolute Gasteiger partial charge is 0.317 e. The van der Waals surface area contributed by atoms with Crippen molar-refractivity contribution in [2.45, 2.75) is 32.4 Å². The van der Waals surface area contributed by atoms with E-state index in [9.17, 15) is 4.79 Å². The molecule has 1 saturated heterocycles. The van der Waals surface area contributed by atoms with Gasteiger partial charge in [0.2, 0.25) is 0 Å². The van der Waals surface area contributed by atoms with E-state index in [2.05, 4.69) is 22.6 Å². The minimum atomic E-state index is -0.0333. The summed E-state index contributed by atoms with van der Waals surface area (Å²) in [7, 11) is 1.63. The summed E-state index contributed by atoms with van der Waals surface area (Å²) in [6, 6.07) is 7.82. The molecule has 7 heteroatoms. The van der Waals surface area contributed by atoms with Crippen LogP contribution in [-0.2, 0) is 6.54 Å². The summed E-state index contributed by atoms with van der Waals surface area (Å²) in [6.07, 6.45) is 3.96. The van der Waals surface area contributed by atoms with Crippen LogP contribution < -0.4 is 10.1 Å². The first kappa shape index (κ1) is 15.3. The minimum Gasteiger partial charge on any atom is -0.497 e. The Kier molecular flexibility index (Phi) is 4.45. The second-order valence-electron chi connectivity index (χ2n) is 5.70. The lowest BCUT2D eigenvalue weighted by molar-refractivity contribution is 0.195. The third-order valence-corrected chi connectivity index (χ3v) is 4.11. The van der Waals surface area contributed by atoms with Crippen molar-refractivity contribution >= 4 is 6.03 Å². The molecule has 0 aliphatic carbocycles. The van der Waals surface area contributed by atoms with Crippen molar-refractivity contribution in [1.82, 2.24) is 25.2 Å². The van der Waals surface area contributed by atoms with Crippen LogP contribution in [0.15, 0.2) is 30.5 Å². The molecule has 0 radical (unpaired) electrons. The van der Waals surface area contributed by atoms with Crippen molar-refractivity contribution < 1.29 is 9.53 Å². The number of nitrogens with zero attached hydrogens (tertiary/aromatic N) is 4. The van der Waals surface area contributed by atoms with E-state index in [1.54, 1.807) is 11.8 Å². The number of hydrogen-bond acceptors (Lipinski definition) is 4. The van der Waals surface area contributed by atoms with Crippen LogP contribution in [0.4, 0.5) is 4.79 Å². The number of nitrogens with one attached hydrogen (secondary N) is 1. The zero-order valence-corrected chi connectivity index (χ0v) is 13.4. The molecule has 2 aromatic rings. The molecule has 122 valence electrons. The van der Waals surface area contributed by atoms with Gasteiger partial charge in [-0.1, -0.05) is 5.21 Å². The number of benzene rings is 1. The zero-order chi connectivity index (χ0) is 16.2. The Bertz CT molecular complexity index is 667. The number of amides is 2. The molecule has 7 nitrogen and oxygen atoms in total. The first-order chi connectivity index (χ1) is 11.2. The van der Waals surface area contributed by atoms with E-state index in [1.165, 1.54) is 0 Å². The number of ether oxygens (including phenoxy) is 1. The molecule has 0 unspecified atom stereocenters. The van der Waals surface area contributed by atoms with Gasteiger partial charge in [0.05, 0.1) is 25.5 Å². The SMILES string of the molecule is COc1ccc(-n2cc(CNC(=O)N3CCC[C@@H]3C)nn2)cc1. The lowest BCUT2D eigenvalue weighted by Crippen LogP contribution is -2.41. The lowest BCUT2D eigenvalue weighted by atomic mass is 10.2. The van der Waals surface area contributed by atoms with E-state index in [0.29, 0.717) is 12.6 Å². The molecule has 0 saturated carbocycles. The van der Waals surface area contributed by atoms with Gasteiger partial charge in [-0.05, 0) is 44.0 Å². The maximum absolute atomic E-state index is 12.1. The third kappa shape index (κ3) is 3.44. The summed E-state index contributed by atoms with van der Waals surface area (Å²) in [6.45, 7) is 3.27. The number of aromatic nitrogens is 3. The Morgan fingerprint density at radius 3 is 2.83 bits per heavy atom. The normalized spacial score (nSPS) is 17.3. The molecule has 1 aromatic carbocycles. The third-order valence-electron chi connectivity index (χ3n) is 4.11. The van der Waals surface area contributed by atoms with Gasteiger partial charge in [-0.15, -0.1) is 5.10 Å². The average Bonchev–Trinajstić information content (AvgIpc) is 3.22. The molecule has 0 bridgehead atoms. The maximum Gasteiger partial charge on any atom is 0.317 e. The van der Waals surface area contributed by atoms with Gasteiger partial charge in [-0.3, -0.25) is 0 Å². The fourth-order valence-electron chi connectivity index (χ4n) is 2.74. The predicted octanol–water partition coefficient (Wildman–Crippen LogP) is 1.97. The topological polar surface area (TPSA) is 72.3 Å². The highest BCUT2D eigenvalue weighted by Gasteiger charge is 2.24. The number of methoxy groups -OCH3 is 1. The molecule has 1 aliphatic heterocycles. The highest BCUT2D eigenvalue weighted by molar-refractivity contribution is 5.74. The Balaban J connectivity index is 1.59. The van der Waals surface area contributed by atoms with Crippen LogP contribution in [0.25, 0.3) is 5.69 Å². The second-order valence-corrected chi connectivity index (χ2v) is 5.70. The standard InChI is InChI=1S/C16H21N5O2/c1-12-4-3-9-20(12)16(22)17-10-13-11-21(19-18-13)14-5-7-15(23-2)8-6-14/h5-8,11-12H,3-4,9-10H2,1-2H3,(H,17,22)/t12-/m0/s1. The molecular formula is C16H21N5O2. The molecule has 1 fully saturated rings. The first-order valence-electron chi connectivity index (χ1n) is 7.77. The number of carbonyl (C=O) groups excluding carboxylic acids is 1. The van der Waals surface area contributed by atoms with Crippen LogP contribution in [0.5, 0.6) is 5.75 Å². The van der Waals surface area contributed by atoms with Gasteiger partial charge in [0.25, 0.3) is 0 Å². The van der Waals surface area contributed by atoms with E-state index in [1.807, 2.05) is 35.4 Å². The van der Waals surface area contributed by atoms with Gasteiger partial charge < -0.3 is 15.0 Å². The van der Waals surface area contributed by atoms with Gasteiger partial charge >= 0.3 is 6.03 Å². The quantitative estimate of drug-likeness (QED) is 0.936. The molecule has 1 N–H and O–H groups in total. The van der Waals surface area contributed by atoms with Crippen LogP contribution in [0.1, 0.15) is 25.5 Å². The Labute approximate surface area is 135 Å². The molecule has 23 heavy (non-hydrogen) atoms. The number of rotatable bonds is 4. The summed E-state index contributed by atoms with van der Waals surface area (Å²) in [4.78, 5) is 14.0. The molecule has 1 atom stereocenters. The van der Waals surface area contributed by atoms with E-state index in [-0.39, 0.29) is 6.03 Å². The van der Waals surface area contributed by atoms with Gasteiger partial charge in [0.15, 0.2) is 0 Å². The van der Waals surface area contributed by atoms with Gasteiger partial charge in [-0.2, -0.15) is 0 Å². The van der Waals surface area contributed by atoms with Crippen molar-refractivity contribution in [2.24, 2.45) is 0 Å². The van der Waals surface area contributed by atoms with E-state index in [0.717, 1.165) is 36.5 Å². The van der Waals surface area contributed by atoms with Gasteiger partial charge in [0, 0.05) is 12.6 Å². The van der Waals surface area contributed by atoms with Crippen LogP contribution in [0, 0.1) is 0 Å². The maximum atomic E-state index is 12.1. The summed E-state index contributed by atoms with van der Waals surface area (Å²) in [5, 5.41) is 11.1. The van der Waals surface area contributed by atoms with E-state index >= 15 is 0 Å². The summed E-state index contributed by atoms with van der Waals surface area (Å²) in [5.41, 5.74) is 1.62. The minimum absolute atomic E-state index is 0.0333. The van der Waals surface area contributed by atoms with Crippen molar-refractivity contribution in [3.63, 3.8) is 0 Å². The van der Waals surface area contributed by atoms with Crippen molar-refractivity contribution in [2.75, 3.05) is 13.7 Å². The molecule has 0 spiro atoms. The number of likely N-dealkylation sites (tertiary alicyclic amines) is 1. The van der Waals surface area contributed by atoms with Crippen LogP contribution in [0.3, 0.4) is 0 Å². The average molecular weight is 315 g/mol. The number of hydrogen-bond donors (Lipinski definition) is 1. The van der Waals surface area contributed by atoms with E-state index in [4.69, 9.17) is 4.74 Å². The van der Waals surface area contributed by atoms with Crippen molar-refractivity contribution in [3.05, 3.63) is 36.2 Å². The fourth-order valence-corrected chi connectivity index (χ4v) is 2.74. The first-order valence-corrected chi connectivity index (χ1v) is 7.77. The highest BCUT2D eigenvalue weighted by atomic mass is 16.5. The van der Waals surface area contributed by atoms with E-state index < -0.39 is 0 Å². The Morgan fingerprint density at radius 1 is 1.39 bits per heavy atom. The largest absolute Gasteiger partial charge is 0.497 e. The summed E-state index contributed by atoms with van der Waals surface area (Å²) < 4.78 is 6.82. The molecular weight excluding hydrogens is 294 g/mol. The lowest BCUT2D eigenvalue weighted by Gasteiger charge is -2.21. The summed E-state index contributed by atoms with van der Waals surface area (Å²) in [5.74, 6) is 0.793. The molecule has 2 heterocycles. The zero-order valence-electron chi connectivity index (χ0n) is 13.4. The molecule has 1 aliphatic rings. The van der Waals surface area contributed by atoms with Crippen molar-refractivity contribution in [1.29, 1.82) is 0 Å². The molecule has 2 amide bonds.